The van der Waals surface area contributed by atoms with Crippen molar-refractivity contribution < 1.29 is 36.2 Å². The zero-order valence-corrected chi connectivity index (χ0v) is 16.9. The number of rotatable bonds is 4. The van der Waals surface area contributed by atoms with Crippen LogP contribution in [-0.4, -0.2) is 13.1 Å². The van der Waals surface area contributed by atoms with E-state index in [2.05, 4.69) is 0 Å². The van der Waals surface area contributed by atoms with Crippen molar-refractivity contribution in [3.05, 3.63) is 94.1 Å². The van der Waals surface area contributed by atoms with Gasteiger partial charge in [-0.2, -0.15) is 13.2 Å². The molecule has 0 amide bonds. The van der Waals surface area contributed by atoms with Gasteiger partial charge < -0.3 is 13.9 Å². The van der Waals surface area contributed by atoms with Crippen molar-refractivity contribution in [2.24, 2.45) is 0 Å². The predicted molar refractivity (Wildman–Crippen MR) is 111 cm³/mol. The number of fused-ring (bicyclic) bond motifs is 1. The molecule has 0 fully saturated rings. The molecule has 0 saturated heterocycles. The zero-order chi connectivity index (χ0) is 23.8. The Morgan fingerprint density at radius 2 is 1.64 bits per heavy atom. The molecule has 3 aromatic carbocycles. The van der Waals surface area contributed by atoms with Crippen LogP contribution in [0, 0.1) is 5.82 Å². The second-order valence-corrected chi connectivity index (χ2v) is 6.92. The Morgan fingerprint density at radius 3 is 2.27 bits per heavy atom. The van der Waals surface area contributed by atoms with Crippen LogP contribution in [0.5, 0.6) is 11.5 Å². The van der Waals surface area contributed by atoms with E-state index in [4.69, 9.17) is 13.9 Å². The fraction of sp³-hybridized carbons (Fsp3) is 0.0833. The second-order valence-electron chi connectivity index (χ2n) is 6.92. The second kappa shape index (κ2) is 8.42. The van der Waals surface area contributed by atoms with Crippen LogP contribution in [0.15, 0.2) is 75.9 Å². The van der Waals surface area contributed by atoms with Gasteiger partial charge in [0.1, 0.15) is 22.9 Å². The first-order chi connectivity index (χ1) is 15.7. The van der Waals surface area contributed by atoms with E-state index in [9.17, 15) is 27.2 Å². The number of halogens is 4. The quantitative estimate of drug-likeness (QED) is 0.218. The van der Waals surface area contributed by atoms with E-state index in [1.165, 1.54) is 55.6 Å². The molecule has 5 nitrogen and oxygen atoms in total. The molecule has 168 valence electrons. The van der Waals surface area contributed by atoms with Crippen LogP contribution in [-0.2, 0) is 6.18 Å². The van der Waals surface area contributed by atoms with E-state index in [0.29, 0.717) is 5.75 Å². The molecule has 1 heterocycles. The van der Waals surface area contributed by atoms with Gasteiger partial charge in [0, 0.05) is 6.07 Å². The first-order valence-electron chi connectivity index (χ1n) is 9.47. The van der Waals surface area contributed by atoms with E-state index >= 15 is 0 Å². The van der Waals surface area contributed by atoms with E-state index in [1.54, 1.807) is 0 Å². The lowest BCUT2D eigenvalue weighted by Crippen LogP contribution is -2.16. The standard InChI is InChI=1S/C24H14F4O5/c1-31-16-7-5-13(6-8-16)20-21(29)18-10-9-17(12-19(18)33-22(20)24(26,27)28)32-23(30)14-3-2-4-15(25)11-14/h2-12H,1H3. The molecule has 0 aliphatic carbocycles. The maximum atomic E-state index is 13.8. The van der Waals surface area contributed by atoms with Gasteiger partial charge in [-0.1, -0.05) is 18.2 Å². The number of methoxy groups -OCH3 is 1. The van der Waals surface area contributed by atoms with Gasteiger partial charge in [0.05, 0.1) is 23.6 Å². The van der Waals surface area contributed by atoms with Crippen molar-refractivity contribution in [3.8, 4) is 22.6 Å². The van der Waals surface area contributed by atoms with Gasteiger partial charge in [-0.05, 0) is 48.0 Å². The Labute approximate surface area is 183 Å². The van der Waals surface area contributed by atoms with Crippen LogP contribution >= 0.6 is 0 Å². The molecule has 9 heteroatoms. The molecule has 33 heavy (non-hydrogen) atoms. The van der Waals surface area contributed by atoms with Crippen LogP contribution < -0.4 is 14.9 Å². The highest BCUT2D eigenvalue weighted by Crippen LogP contribution is 2.38. The minimum Gasteiger partial charge on any atom is -0.497 e. The minimum absolute atomic E-state index is 0.000355. The van der Waals surface area contributed by atoms with Crippen molar-refractivity contribution in [2.45, 2.75) is 6.18 Å². The molecule has 0 atom stereocenters. The normalized spacial score (nSPS) is 11.4. The highest BCUT2D eigenvalue weighted by molar-refractivity contribution is 5.92. The van der Waals surface area contributed by atoms with E-state index in [1.807, 2.05) is 0 Å². The average molecular weight is 458 g/mol. The van der Waals surface area contributed by atoms with Gasteiger partial charge in [0.2, 0.25) is 11.2 Å². The third kappa shape index (κ3) is 4.43. The molecule has 0 bridgehead atoms. The molecule has 0 aliphatic heterocycles. The number of ether oxygens (including phenoxy) is 2. The van der Waals surface area contributed by atoms with Crippen molar-refractivity contribution >= 4 is 16.9 Å². The highest BCUT2D eigenvalue weighted by atomic mass is 19.4. The summed E-state index contributed by atoms with van der Waals surface area (Å²) in [4.78, 5) is 25.2. The summed E-state index contributed by atoms with van der Waals surface area (Å²) >= 11 is 0. The molecule has 0 spiro atoms. The van der Waals surface area contributed by atoms with Crippen LogP contribution in [0.3, 0.4) is 0 Å². The molecule has 0 radical (unpaired) electrons. The molecule has 0 unspecified atom stereocenters. The Bertz CT molecular complexity index is 1410. The SMILES string of the molecule is COc1ccc(-c2c(C(F)(F)F)oc3cc(OC(=O)c4cccc(F)c4)ccc3c2=O)cc1. The third-order valence-electron chi connectivity index (χ3n) is 4.77. The Balaban J connectivity index is 1.81. The number of carbonyl (C=O) groups excluding carboxylic acids is 1. The molecule has 1 aromatic heterocycles. The fourth-order valence-electron chi connectivity index (χ4n) is 3.24. The summed E-state index contributed by atoms with van der Waals surface area (Å²) in [5, 5.41) is -0.139. The summed E-state index contributed by atoms with van der Waals surface area (Å²) in [6.45, 7) is 0. The summed E-state index contributed by atoms with van der Waals surface area (Å²) < 4.78 is 69.9. The number of hydrogen-bond acceptors (Lipinski definition) is 5. The molecule has 4 rings (SSSR count). The Morgan fingerprint density at radius 1 is 0.939 bits per heavy atom. The summed E-state index contributed by atoms with van der Waals surface area (Å²) in [5.74, 6) is -2.84. The molecular formula is C24H14F4O5. The number of carbonyl (C=O) groups is 1. The number of hydrogen-bond donors (Lipinski definition) is 0. The molecule has 4 aromatic rings. The van der Waals surface area contributed by atoms with Gasteiger partial charge in [0.15, 0.2) is 0 Å². The fourth-order valence-corrected chi connectivity index (χ4v) is 3.24. The highest BCUT2D eigenvalue weighted by Gasteiger charge is 2.39. The maximum absolute atomic E-state index is 13.8. The first kappa shape index (κ1) is 22.1. The van der Waals surface area contributed by atoms with E-state index in [0.717, 1.165) is 18.2 Å². The predicted octanol–water partition coefficient (Wildman–Crippen LogP) is 5.85. The minimum atomic E-state index is -4.98. The van der Waals surface area contributed by atoms with E-state index < -0.39 is 40.3 Å². The van der Waals surface area contributed by atoms with Crippen LogP contribution in [0.2, 0.25) is 0 Å². The summed E-state index contributed by atoms with van der Waals surface area (Å²) in [5.41, 5.74) is -2.07. The van der Waals surface area contributed by atoms with Gasteiger partial charge in [0.25, 0.3) is 0 Å². The van der Waals surface area contributed by atoms with Gasteiger partial charge in [-0.15, -0.1) is 0 Å². The van der Waals surface area contributed by atoms with Crippen LogP contribution in [0.4, 0.5) is 17.6 Å². The Hall–Kier alpha value is -4.14. The lowest BCUT2D eigenvalue weighted by atomic mass is 10.0. The average Bonchev–Trinajstić information content (AvgIpc) is 2.78. The molecule has 0 aliphatic rings. The smallest absolute Gasteiger partial charge is 0.450 e. The largest absolute Gasteiger partial charge is 0.497 e. The molecule has 0 N–H and O–H groups in total. The van der Waals surface area contributed by atoms with Crippen molar-refractivity contribution in [3.63, 3.8) is 0 Å². The maximum Gasteiger partial charge on any atom is 0.450 e. The third-order valence-corrected chi connectivity index (χ3v) is 4.77. The van der Waals surface area contributed by atoms with Gasteiger partial charge in [-0.3, -0.25) is 4.79 Å². The number of benzene rings is 3. The topological polar surface area (TPSA) is 65.7 Å². The van der Waals surface area contributed by atoms with Crippen molar-refractivity contribution in [1.29, 1.82) is 0 Å². The lowest BCUT2D eigenvalue weighted by molar-refractivity contribution is -0.152. The first-order valence-corrected chi connectivity index (χ1v) is 9.47. The van der Waals surface area contributed by atoms with Crippen molar-refractivity contribution in [2.75, 3.05) is 7.11 Å². The number of esters is 1. The van der Waals surface area contributed by atoms with Gasteiger partial charge >= 0.3 is 12.1 Å². The monoisotopic (exact) mass is 458 g/mol. The summed E-state index contributed by atoms with van der Waals surface area (Å²) in [6, 6.07) is 13.6. The molecule has 0 saturated carbocycles. The van der Waals surface area contributed by atoms with Crippen LogP contribution in [0.25, 0.3) is 22.1 Å². The summed E-state index contributed by atoms with van der Waals surface area (Å²) in [7, 11) is 1.40. The summed E-state index contributed by atoms with van der Waals surface area (Å²) in [6.07, 6.45) is -4.98. The lowest BCUT2D eigenvalue weighted by Gasteiger charge is -2.13. The zero-order valence-electron chi connectivity index (χ0n) is 16.9. The van der Waals surface area contributed by atoms with Gasteiger partial charge in [-0.25, -0.2) is 9.18 Å². The number of alkyl halides is 3. The van der Waals surface area contributed by atoms with Crippen molar-refractivity contribution in [1.82, 2.24) is 0 Å². The van der Waals surface area contributed by atoms with Crippen LogP contribution in [0.1, 0.15) is 16.1 Å². The van der Waals surface area contributed by atoms with E-state index in [-0.39, 0.29) is 22.3 Å². The Kier molecular flexibility index (Phi) is 5.63. The molecular weight excluding hydrogens is 444 g/mol.